The van der Waals surface area contributed by atoms with E-state index in [1.807, 2.05) is 13.8 Å². The van der Waals surface area contributed by atoms with Crippen molar-refractivity contribution in [1.82, 2.24) is 5.32 Å². The third-order valence-electron chi connectivity index (χ3n) is 4.17. The Hall–Kier alpha value is -0.930. The molecule has 0 saturated heterocycles. The summed E-state index contributed by atoms with van der Waals surface area (Å²) in [4.78, 5) is 0. The molecule has 0 aliphatic heterocycles. The van der Waals surface area contributed by atoms with Gasteiger partial charge in [0.25, 0.3) is 0 Å². The third kappa shape index (κ3) is 6.58. The van der Waals surface area contributed by atoms with Gasteiger partial charge in [-0.05, 0) is 73.9 Å². The smallest absolute Gasteiger partial charge is 0.123 e. The lowest BCUT2D eigenvalue weighted by atomic mass is 9.82. The number of rotatable bonds is 9. The average molecular weight is 295 g/mol. The van der Waals surface area contributed by atoms with E-state index in [1.165, 1.54) is 5.56 Å². The van der Waals surface area contributed by atoms with Crippen LogP contribution in [0.25, 0.3) is 0 Å². The van der Waals surface area contributed by atoms with E-state index < -0.39 is 0 Å². The fourth-order valence-electron chi connectivity index (χ4n) is 2.65. The van der Waals surface area contributed by atoms with Gasteiger partial charge in [-0.1, -0.05) is 13.8 Å². The Kier molecular flexibility index (Phi) is 7.33. The second kappa shape index (κ2) is 8.50. The van der Waals surface area contributed by atoms with Gasteiger partial charge in [0.2, 0.25) is 0 Å². The zero-order valence-corrected chi connectivity index (χ0v) is 14.2. The number of hydrogen-bond acceptors (Lipinski definition) is 2. The van der Waals surface area contributed by atoms with Gasteiger partial charge in [-0.15, -0.1) is 0 Å². The van der Waals surface area contributed by atoms with Crippen molar-refractivity contribution in [2.75, 3.05) is 26.8 Å². The van der Waals surface area contributed by atoms with Crippen LogP contribution in [0, 0.1) is 25.1 Å². The summed E-state index contributed by atoms with van der Waals surface area (Å²) in [5.41, 5.74) is 3.73. The second-order valence-electron chi connectivity index (χ2n) is 6.68. The molecule has 0 fully saturated rings. The Morgan fingerprint density at radius 2 is 1.71 bits per heavy atom. The normalized spacial score (nSPS) is 11.9. The molecule has 3 heteroatoms. The Labute approximate surface area is 129 Å². The number of aryl methyl sites for hydroxylation is 2. The quantitative estimate of drug-likeness (QED) is 0.695. The Morgan fingerprint density at radius 3 is 2.29 bits per heavy atom. The summed E-state index contributed by atoms with van der Waals surface area (Å²) in [6.45, 7) is 11.3. The first-order chi connectivity index (χ1) is 9.85. The van der Waals surface area contributed by atoms with Gasteiger partial charge >= 0.3 is 0 Å². The van der Waals surface area contributed by atoms with E-state index in [9.17, 15) is 4.39 Å². The fourth-order valence-corrected chi connectivity index (χ4v) is 2.65. The molecule has 0 aromatic heterocycles. The van der Waals surface area contributed by atoms with E-state index in [0.29, 0.717) is 0 Å². The van der Waals surface area contributed by atoms with Crippen LogP contribution in [0.1, 0.15) is 43.4 Å². The van der Waals surface area contributed by atoms with Gasteiger partial charge in [-0.25, -0.2) is 4.39 Å². The highest BCUT2D eigenvalue weighted by molar-refractivity contribution is 5.34. The minimum Gasteiger partial charge on any atom is -0.383 e. The number of methoxy groups -OCH3 is 1. The number of benzene rings is 1. The van der Waals surface area contributed by atoms with Crippen molar-refractivity contribution in [2.24, 2.45) is 5.41 Å². The minimum atomic E-state index is -0.129. The first kappa shape index (κ1) is 18.1. The SMILES string of the molecule is COCCNCCC(C)(C)CCc1c(C)cc(F)cc1C. The molecule has 1 aromatic carbocycles. The highest BCUT2D eigenvalue weighted by Crippen LogP contribution is 2.28. The van der Waals surface area contributed by atoms with Gasteiger partial charge in [0, 0.05) is 13.7 Å². The summed E-state index contributed by atoms with van der Waals surface area (Å²) in [7, 11) is 1.72. The van der Waals surface area contributed by atoms with Crippen molar-refractivity contribution >= 4 is 0 Å². The Bertz CT molecular complexity index is 420. The van der Waals surface area contributed by atoms with Crippen molar-refractivity contribution in [3.63, 3.8) is 0 Å². The second-order valence-corrected chi connectivity index (χ2v) is 6.68. The zero-order valence-electron chi connectivity index (χ0n) is 14.2. The molecule has 0 atom stereocenters. The molecule has 120 valence electrons. The molecule has 0 bridgehead atoms. The fraction of sp³-hybridized carbons (Fsp3) is 0.667. The molecule has 1 rings (SSSR count). The standard InChI is InChI=1S/C18H30FNO/c1-14-12-16(19)13-15(2)17(14)6-7-18(3,4)8-9-20-10-11-21-5/h12-13,20H,6-11H2,1-5H3. The predicted octanol–water partition coefficient (Wildman–Crippen LogP) is 4.03. The first-order valence-electron chi connectivity index (χ1n) is 7.81. The molecule has 0 saturated carbocycles. The van der Waals surface area contributed by atoms with Crippen molar-refractivity contribution < 1.29 is 9.13 Å². The third-order valence-corrected chi connectivity index (χ3v) is 4.17. The lowest BCUT2D eigenvalue weighted by molar-refractivity contribution is 0.197. The number of halogens is 1. The molecule has 1 N–H and O–H groups in total. The molecule has 0 amide bonds. The van der Waals surface area contributed by atoms with Crippen molar-refractivity contribution in [2.45, 2.75) is 47.0 Å². The van der Waals surface area contributed by atoms with Crippen LogP contribution in [-0.4, -0.2) is 26.8 Å². The van der Waals surface area contributed by atoms with Gasteiger partial charge in [0.05, 0.1) is 6.61 Å². The molecular formula is C18H30FNO. The van der Waals surface area contributed by atoms with Crippen LogP contribution in [0.4, 0.5) is 4.39 Å². The van der Waals surface area contributed by atoms with Crippen LogP contribution in [0.3, 0.4) is 0 Å². The summed E-state index contributed by atoms with van der Waals surface area (Å²) < 4.78 is 18.4. The van der Waals surface area contributed by atoms with Gasteiger partial charge in [0.15, 0.2) is 0 Å². The molecule has 21 heavy (non-hydrogen) atoms. The van der Waals surface area contributed by atoms with Crippen LogP contribution < -0.4 is 5.32 Å². The number of ether oxygens (including phenoxy) is 1. The van der Waals surface area contributed by atoms with Crippen LogP contribution in [-0.2, 0) is 11.2 Å². The van der Waals surface area contributed by atoms with E-state index in [1.54, 1.807) is 19.2 Å². The summed E-state index contributed by atoms with van der Waals surface area (Å²) >= 11 is 0. The van der Waals surface area contributed by atoms with E-state index in [0.717, 1.165) is 50.1 Å². The lowest BCUT2D eigenvalue weighted by Crippen LogP contribution is -2.25. The largest absolute Gasteiger partial charge is 0.383 e. The molecular weight excluding hydrogens is 265 g/mol. The molecule has 0 spiro atoms. The van der Waals surface area contributed by atoms with Crippen LogP contribution in [0.5, 0.6) is 0 Å². The van der Waals surface area contributed by atoms with Gasteiger partial charge in [0.1, 0.15) is 5.82 Å². The van der Waals surface area contributed by atoms with Crippen LogP contribution in [0.15, 0.2) is 12.1 Å². The number of nitrogens with one attached hydrogen (secondary N) is 1. The monoisotopic (exact) mass is 295 g/mol. The molecule has 2 nitrogen and oxygen atoms in total. The molecule has 0 unspecified atom stereocenters. The Balaban J connectivity index is 2.46. The molecule has 0 heterocycles. The lowest BCUT2D eigenvalue weighted by Gasteiger charge is -2.25. The van der Waals surface area contributed by atoms with Crippen LogP contribution in [0.2, 0.25) is 0 Å². The number of hydrogen-bond donors (Lipinski definition) is 1. The summed E-state index contributed by atoms with van der Waals surface area (Å²) in [6.07, 6.45) is 3.27. The van der Waals surface area contributed by atoms with Gasteiger partial charge < -0.3 is 10.1 Å². The van der Waals surface area contributed by atoms with E-state index in [2.05, 4.69) is 19.2 Å². The summed E-state index contributed by atoms with van der Waals surface area (Å²) in [5, 5.41) is 3.40. The summed E-state index contributed by atoms with van der Waals surface area (Å²) in [6, 6.07) is 3.28. The van der Waals surface area contributed by atoms with Crippen LogP contribution >= 0.6 is 0 Å². The van der Waals surface area contributed by atoms with E-state index >= 15 is 0 Å². The maximum absolute atomic E-state index is 13.3. The Morgan fingerprint density at radius 1 is 1.10 bits per heavy atom. The minimum absolute atomic E-state index is 0.129. The van der Waals surface area contributed by atoms with Crippen molar-refractivity contribution in [3.05, 3.63) is 34.6 Å². The predicted molar refractivity (Wildman–Crippen MR) is 87.3 cm³/mol. The van der Waals surface area contributed by atoms with E-state index in [-0.39, 0.29) is 11.2 Å². The van der Waals surface area contributed by atoms with Gasteiger partial charge in [-0.2, -0.15) is 0 Å². The zero-order chi connectivity index (χ0) is 15.9. The highest BCUT2D eigenvalue weighted by Gasteiger charge is 2.18. The maximum Gasteiger partial charge on any atom is 0.123 e. The molecule has 0 aliphatic carbocycles. The highest BCUT2D eigenvalue weighted by atomic mass is 19.1. The summed E-state index contributed by atoms with van der Waals surface area (Å²) in [5.74, 6) is -0.129. The van der Waals surface area contributed by atoms with Crippen molar-refractivity contribution in [3.8, 4) is 0 Å². The molecule has 0 radical (unpaired) electrons. The van der Waals surface area contributed by atoms with Crippen molar-refractivity contribution in [1.29, 1.82) is 0 Å². The van der Waals surface area contributed by atoms with Gasteiger partial charge in [-0.3, -0.25) is 0 Å². The van der Waals surface area contributed by atoms with E-state index in [4.69, 9.17) is 4.74 Å². The maximum atomic E-state index is 13.3. The first-order valence-corrected chi connectivity index (χ1v) is 7.81. The average Bonchev–Trinajstić information content (AvgIpc) is 2.37. The topological polar surface area (TPSA) is 21.3 Å². The molecule has 1 aromatic rings. The molecule has 0 aliphatic rings.